The lowest BCUT2D eigenvalue weighted by Gasteiger charge is -2.38. The van der Waals surface area contributed by atoms with Gasteiger partial charge in [-0.15, -0.1) is 0 Å². The van der Waals surface area contributed by atoms with Crippen LogP contribution in [0.25, 0.3) is 0 Å². The first kappa shape index (κ1) is 15.3. The molecule has 0 bridgehead atoms. The monoisotopic (exact) mass is 296 g/mol. The molecule has 2 aromatic rings. The number of benzene rings is 2. The van der Waals surface area contributed by atoms with Crippen molar-refractivity contribution in [3.05, 3.63) is 71.8 Å². The van der Waals surface area contributed by atoms with Gasteiger partial charge in [0.2, 0.25) is 0 Å². The molecule has 1 fully saturated rings. The zero-order valence-corrected chi connectivity index (χ0v) is 13.2. The van der Waals surface area contributed by atoms with Crippen LogP contribution in [0.15, 0.2) is 60.7 Å². The lowest BCUT2D eigenvalue weighted by Crippen LogP contribution is -2.37. The maximum Gasteiger partial charge on any atom is 0.159 e. The topological polar surface area (TPSA) is 18.5 Å². The van der Waals surface area contributed by atoms with Crippen molar-refractivity contribution in [1.82, 2.24) is 0 Å². The van der Waals surface area contributed by atoms with Gasteiger partial charge in [0.15, 0.2) is 6.29 Å². The van der Waals surface area contributed by atoms with Crippen molar-refractivity contribution < 1.29 is 9.47 Å². The van der Waals surface area contributed by atoms with Crippen LogP contribution in [0.3, 0.4) is 0 Å². The second kappa shape index (κ2) is 7.08. The second-order valence-corrected chi connectivity index (χ2v) is 5.83. The molecule has 2 aromatic carbocycles. The minimum absolute atomic E-state index is 0.117. The SMILES string of the molecule is CCC(OC1CCCCO1)(c1ccccc1)c1ccccc1. The Morgan fingerprint density at radius 3 is 2.00 bits per heavy atom. The van der Waals surface area contributed by atoms with Crippen LogP contribution in [0.4, 0.5) is 0 Å². The smallest absolute Gasteiger partial charge is 0.159 e. The van der Waals surface area contributed by atoms with Gasteiger partial charge >= 0.3 is 0 Å². The van der Waals surface area contributed by atoms with Crippen molar-refractivity contribution in [1.29, 1.82) is 0 Å². The summed E-state index contributed by atoms with van der Waals surface area (Å²) in [4.78, 5) is 0. The Morgan fingerprint density at radius 2 is 1.55 bits per heavy atom. The highest BCUT2D eigenvalue weighted by Gasteiger charge is 2.36. The van der Waals surface area contributed by atoms with Crippen LogP contribution < -0.4 is 0 Å². The highest BCUT2D eigenvalue weighted by Crippen LogP contribution is 2.39. The first-order valence-corrected chi connectivity index (χ1v) is 8.25. The maximum absolute atomic E-state index is 6.58. The molecule has 0 N–H and O–H groups in total. The molecule has 3 rings (SSSR count). The molecule has 116 valence electrons. The van der Waals surface area contributed by atoms with Gasteiger partial charge in [0.1, 0.15) is 5.60 Å². The standard InChI is InChI=1S/C20H24O2/c1-2-20(17-11-5-3-6-12-17,18-13-7-4-8-14-18)22-19-15-9-10-16-21-19/h3-8,11-14,19H,2,9-10,15-16H2,1H3. The first-order chi connectivity index (χ1) is 10.8. The molecule has 0 aliphatic carbocycles. The Kier molecular flexibility index (Phi) is 4.91. The summed E-state index contributed by atoms with van der Waals surface area (Å²) in [6, 6.07) is 21.0. The molecule has 1 atom stereocenters. The summed E-state index contributed by atoms with van der Waals surface area (Å²) in [6.07, 6.45) is 4.04. The number of hydrogen-bond acceptors (Lipinski definition) is 2. The molecule has 0 aromatic heterocycles. The lowest BCUT2D eigenvalue weighted by molar-refractivity contribution is -0.218. The summed E-state index contributed by atoms with van der Waals surface area (Å²) in [6.45, 7) is 2.98. The van der Waals surface area contributed by atoms with Gasteiger partial charge < -0.3 is 9.47 Å². The van der Waals surface area contributed by atoms with Crippen molar-refractivity contribution in [2.75, 3.05) is 6.61 Å². The number of rotatable bonds is 5. The maximum atomic E-state index is 6.58. The Balaban J connectivity index is 2.00. The summed E-state index contributed by atoms with van der Waals surface area (Å²) < 4.78 is 12.4. The van der Waals surface area contributed by atoms with E-state index in [-0.39, 0.29) is 6.29 Å². The minimum atomic E-state index is -0.440. The summed E-state index contributed by atoms with van der Waals surface area (Å²) in [5.41, 5.74) is 1.94. The highest BCUT2D eigenvalue weighted by molar-refractivity contribution is 5.36. The molecule has 2 heteroatoms. The van der Waals surface area contributed by atoms with Crippen molar-refractivity contribution in [2.45, 2.75) is 44.5 Å². The molecule has 0 amide bonds. The molecular weight excluding hydrogens is 272 g/mol. The van der Waals surface area contributed by atoms with Gasteiger partial charge in [0.05, 0.1) is 0 Å². The van der Waals surface area contributed by atoms with Crippen LogP contribution in [0, 0.1) is 0 Å². The molecular formula is C20H24O2. The molecule has 0 radical (unpaired) electrons. The van der Waals surface area contributed by atoms with Gasteiger partial charge in [-0.05, 0) is 36.8 Å². The molecule has 1 unspecified atom stereocenters. The van der Waals surface area contributed by atoms with E-state index in [4.69, 9.17) is 9.47 Å². The summed E-state index contributed by atoms with van der Waals surface area (Å²) >= 11 is 0. The van der Waals surface area contributed by atoms with Gasteiger partial charge in [-0.2, -0.15) is 0 Å². The van der Waals surface area contributed by atoms with Crippen molar-refractivity contribution >= 4 is 0 Å². The van der Waals surface area contributed by atoms with Crippen LogP contribution >= 0.6 is 0 Å². The van der Waals surface area contributed by atoms with Crippen molar-refractivity contribution in [3.63, 3.8) is 0 Å². The largest absolute Gasteiger partial charge is 0.353 e. The fourth-order valence-electron chi connectivity index (χ4n) is 3.24. The molecule has 0 saturated carbocycles. The van der Waals surface area contributed by atoms with E-state index in [0.717, 1.165) is 25.9 Å². The predicted molar refractivity (Wildman–Crippen MR) is 88.6 cm³/mol. The van der Waals surface area contributed by atoms with Crippen molar-refractivity contribution in [2.24, 2.45) is 0 Å². The van der Waals surface area contributed by atoms with E-state index in [9.17, 15) is 0 Å². The summed E-state index contributed by atoms with van der Waals surface area (Å²) in [5, 5.41) is 0. The Hall–Kier alpha value is -1.64. The molecule has 1 aliphatic rings. The Labute approximate surface area is 133 Å². The van der Waals surface area contributed by atoms with Crippen LogP contribution in [-0.4, -0.2) is 12.9 Å². The van der Waals surface area contributed by atoms with E-state index in [1.165, 1.54) is 17.5 Å². The zero-order valence-electron chi connectivity index (χ0n) is 13.2. The van der Waals surface area contributed by atoms with Gasteiger partial charge in [0, 0.05) is 6.61 Å². The number of ether oxygens (including phenoxy) is 2. The third-order valence-electron chi connectivity index (χ3n) is 4.45. The molecule has 1 saturated heterocycles. The normalized spacial score (nSPS) is 19.0. The average molecular weight is 296 g/mol. The Bertz CT molecular complexity index is 519. The average Bonchev–Trinajstić information content (AvgIpc) is 2.62. The third kappa shape index (κ3) is 3.08. The zero-order chi connectivity index (χ0) is 15.3. The van der Waals surface area contributed by atoms with Gasteiger partial charge in [-0.1, -0.05) is 67.6 Å². The van der Waals surface area contributed by atoms with Crippen molar-refractivity contribution in [3.8, 4) is 0 Å². The third-order valence-corrected chi connectivity index (χ3v) is 4.45. The van der Waals surface area contributed by atoms with Gasteiger partial charge in [-0.3, -0.25) is 0 Å². The van der Waals surface area contributed by atoms with E-state index in [2.05, 4.69) is 55.5 Å². The van der Waals surface area contributed by atoms with Crippen LogP contribution in [-0.2, 0) is 15.1 Å². The fourth-order valence-corrected chi connectivity index (χ4v) is 3.24. The summed E-state index contributed by atoms with van der Waals surface area (Å²) in [7, 11) is 0. The van der Waals surface area contributed by atoms with Crippen LogP contribution in [0.5, 0.6) is 0 Å². The van der Waals surface area contributed by atoms with Crippen LogP contribution in [0.1, 0.15) is 43.7 Å². The highest BCUT2D eigenvalue weighted by atomic mass is 16.7. The van der Waals surface area contributed by atoms with E-state index in [0.29, 0.717) is 0 Å². The van der Waals surface area contributed by atoms with E-state index in [1.54, 1.807) is 0 Å². The number of hydrogen-bond donors (Lipinski definition) is 0. The molecule has 22 heavy (non-hydrogen) atoms. The van der Waals surface area contributed by atoms with E-state index in [1.807, 2.05) is 12.1 Å². The minimum Gasteiger partial charge on any atom is -0.353 e. The fraction of sp³-hybridized carbons (Fsp3) is 0.400. The first-order valence-electron chi connectivity index (χ1n) is 8.25. The van der Waals surface area contributed by atoms with E-state index >= 15 is 0 Å². The summed E-state index contributed by atoms with van der Waals surface area (Å²) in [5.74, 6) is 0. The molecule has 1 heterocycles. The van der Waals surface area contributed by atoms with Crippen LogP contribution in [0.2, 0.25) is 0 Å². The van der Waals surface area contributed by atoms with E-state index < -0.39 is 5.60 Å². The Morgan fingerprint density at radius 1 is 0.955 bits per heavy atom. The molecule has 1 aliphatic heterocycles. The predicted octanol–water partition coefficient (Wildman–Crippen LogP) is 4.88. The molecule has 2 nitrogen and oxygen atoms in total. The lowest BCUT2D eigenvalue weighted by atomic mass is 9.83. The quantitative estimate of drug-likeness (QED) is 0.782. The second-order valence-electron chi connectivity index (χ2n) is 5.83. The van der Waals surface area contributed by atoms with Gasteiger partial charge in [-0.25, -0.2) is 0 Å². The molecule has 0 spiro atoms. The van der Waals surface area contributed by atoms with Gasteiger partial charge in [0.25, 0.3) is 0 Å².